The second kappa shape index (κ2) is 4.22. The molecule has 2 radical (unpaired) electrons. The van der Waals surface area contributed by atoms with E-state index >= 15 is 0 Å². The van der Waals surface area contributed by atoms with Crippen LogP contribution in [-0.2, 0) is 0 Å². The van der Waals surface area contributed by atoms with Crippen LogP contribution < -0.4 is 0 Å². The lowest BCUT2D eigenvalue weighted by atomic mass is 9.84. The molecule has 0 N–H and O–H groups in total. The minimum absolute atomic E-state index is 0.133. The quantitative estimate of drug-likeness (QED) is 0.476. The van der Waals surface area contributed by atoms with Gasteiger partial charge in [-0.05, 0) is 25.5 Å². The molecule has 0 bridgehead atoms. The highest BCUT2D eigenvalue weighted by Crippen LogP contribution is 2.22. The first-order valence-electron chi connectivity index (χ1n) is 3.20. The fraction of sp³-hybridized carbons (Fsp3) is 1.00. The molecule has 0 heterocycles. The Bertz CT molecular complexity index is 95.7. The third-order valence-corrected chi connectivity index (χ3v) is 1.71. The van der Waals surface area contributed by atoms with Gasteiger partial charge < -0.3 is 0 Å². The maximum Gasteiger partial charge on any atom is 0.130 e. The van der Waals surface area contributed by atoms with Crippen LogP contribution in [0.3, 0.4) is 0 Å². The fourth-order valence-electron chi connectivity index (χ4n) is 0.563. The van der Waals surface area contributed by atoms with Gasteiger partial charge in [0.15, 0.2) is 0 Å². The monoisotopic (exact) mass is 164 g/mol. The summed E-state index contributed by atoms with van der Waals surface area (Å²) in [5, 5.41) is 0. The normalized spacial score (nSPS) is 20.0. The molecule has 58 valence electrons. The molecule has 0 spiro atoms. The van der Waals surface area contributed by atoms with E-state index in [2.05, 4.69) is 12.6 Å². The molecule has 0 aliphatic rings. The summed E-state index contributed by atoms with van der Waals surface area (Å²) in [7, 11) is 4.74. The maximum absolute atomic E-state index is 12.9. The van der Waals surface area contributed by atoms with Crippen LogP contribution in [0.15, 0.2) is 0 Å². The molecular weight excluding hydrogens is 153 g/mol. The van der Waals surface area contributed by atoms with Gasteiger partial charge in [0, 0.05) is 0 Å². The molecule has 0 saturated carbocycles. The summed E-state index contributed by atoms with van der Waals surface area (Å²) in [6.45, 7) is 1.17. The second-order valence-corrected chi connectivity index (χ2v) is 2.95. The van der Waals surface area contributed by atoms with Gasteiger partial charge in [-0.2, -0.15) is 12.6 Å². The van der Waals surface area contributed by atoms with Gasteiger partial charge in [-0.25, -0.2) is 4.39 Å². The van der Waals surface area contributed by atoms with Crippen LogP contribution >= 0.6 is 12.6 Å². The molecule has 0 nitrogen and oxygen atoms in total. The first kappa shape index (κ1) is 10.3. The lowest BCUT2D eigenvalue weighted by Gasteiger charge is -2.21. The molecule has 0 rings (SSSR count). The predicted molar refractivity (Wildman–Crippen MR) is 43.3 cm³/mol. The molecule has 0 aliphatic heterocycles. The molecule has 0 aromatic rings. The van der Waals surface area contributed by atoms with Crippen molar-refractivity contribution in [1.29, 1.82) is 0 Å². The molecule has 4 heteroatoms. The van der Waals surface area contributed by atoms with E-state index in [1.54, 1.807) is 0 Å². The Hall–Kier alpha value is 0.275. The smallest absolute Gasteiger partial charge is 0.130 e. The van der Waals surface area contributed by atoms with E-state index in [1.807, 2.05) is 0 Å². The highest BCUT2D eigenvalue weighted by Gasteiger charge is 2.29. The Morgan fingerprint density at radius 2 is 2.20 bits per heavy atom. The van der Waals surface area contributed by atoms with E-state index in [0.717, 1.165) is 0 Å². The highest BCUT2D eigenvalue weighted by atomic mass is 32.1. The zero-order valence-corrected chi connectivity index (χ0v) is 6.87. The summed E-state index contributed by atoms with van der Waals surface area (Å²) in [5.41, 5.74) is -1.89. The third kappa shape index (κ3) is 3.45. The third-order valence-electron chi connectivity index (χ3n) is 1.40. The van der Waals surface area contributed by atoms with Crippen LogP contribution in [0.4, 0.5) is 8.78 Å². The Labute approximate surface area is 67.2 Å². The average Bonchev–Trinajstić information content (AvgIpc) is 1.84. The molecule has 0 aliphatic carbocycles. The lowest BCUT2D eigenvalue weighted by Crippen LogP contribution is -2.31. The standard InChI is InChI=1S/C6H11BF2S/c1-6(9,5(7)8)3-2-4-10/h5,10H,2-4H2,1H3. The van der Waals surface area contributed by atoms with Gasteiger partial charge in [-0.15, -0.1) is 0 Å². The number of thiol groups is 1. The molecule has 0 fully saturated rings. The number of alkyl halides is 2. The summed E-state index contributed by atoms with van der Waals surface area (Å²) in [6.07, 6.45) is -1.20. The van der Waals surface area contributed by atoms with Crippen molar-refractivity contribution in [3.05, 3.63) is 0 Å². The second-order valence-electron chi connectivity index (χ2n) is 2.51. The molecule has 0 aromatic carbocycles. The van der Waals surface area contributed by atoms with Gasteiger partial charge in [-0.3, -0.25) is 4.39 Å². The van der Waals surface area contributed by atoms with Crippen LogP contribution in [0.1, 0.15) is 19.8 Å². The van der Waals surface area contributed by atoms with Crippen LogP contribution in [0.5, 0.6) is 0 Å². The van der Waals surface area contributed by atoms with Crippen molar-refractivity contribution in [2.75, 3.05) is 5.75 Å². The minimum atomic E-state index is -1.89. The Morgan fingerprint density at radius 3 is 2.50 bits per heavy atom. The van der Waals surface area contributed by atoms with Crippen LogP contribution in [0.25, 0.3) is 0 Å². The van der Waals surface area contributed by atoms with E-state index in [-0.39, 0.29) is 6.42 Å². The van der Waals surface area contributed by atoms with Crippen LogP contribution in [-0.4, -0.2) is 25.3 Å². The van der Waals surface area contributed by atoms with Gasteiger partial charge >= 0.3 is 0 Å². The molecular formula is C6H11BF2S. The van der Waals surface area contributed by atoms with Gasteiger partial charge in [0.05, 0.1) is 6.07 Å². The summed E-state index contributed by atoms with van der Waals surface area (Å²) in [5.74, 6) is 0.562. The lowest BCUT2D eigenvalue weighted by molar-refractivity contribution is 0.105. The number of halogens is 2. The minimum Gasteiger partial charge on any atom is -0.255 e. The highest BCUT2D eigenvalue weighted by molar-refractivity contribution is 7.80. The van der Waals surface area contributed by atoms with Crippen molar-refractivity contribution in [2.24, 2.45) is 0 Å². The van der Waals surface area contributed by atoms with E-state index in [1.165, 1.54) is 6.92 Å². The molecule has 10 heavy (non-hydrogen) atoms. The number of hydrogen-bond donors (Lipinski definition) is 1. The fourth-order valence-corrected chi connectivity index (χ4v) is 0.721. The average molecular weight is 164 g/mol. The van der Waals surface area contributed by atoms with Gasteiger partial charge in [0.2, 0.25) is 0 Å². The summed E-state index contributed by atoms with van der Waals surface area (Å²) in [4.78, 5) is 0. The summed E-state index contributed by atoms with van der Waals surface area (Å²) < 4.78 is 25.0. The van der Waals surface area contributed by atoms with Gasteiger partial charge in [-0.1, -0.05) is 0 Å². The molecule has 2 atom stereocenters. The first-order chi connectivity index (χ1) is 4.50. The molecule has 0 amide bonds. The van der Waals surface area contributed by atoms with E-state index in [9.17, 15) is 8.78 Å². The van der Waals surface area contributed by atoms with Crippen molar-refractivity contribution < 1.29 is 8.78 Å². The van der Waals surface area contributed by atoms with Gasteiger partial charge in [0.25, 0.3) is 0 Å². The number of hydrogen-bond acceptors (Lipinski definition) is 1. The topological polar surface area (TPSA) is 0 Å². The van der Waals surface area contributed by atoms with Crippen molar-refractivity contribution in [3.63, 3.8) is 0 Å². The number of rotatable bonds is 4. The van der Waals surface area contributed by atoms with E-state index < -0.39 is 11.7 Å². The van der Waals surface area contributed by atoms with E-state index in [0.29, 0.717) is 12.2 Å². The first-order valence-corrected chi connectivity index (χ1v) is 3.83. The molecule has 2 unspecified atom stereocenters. The zero-order chi connectivity index (χ0) is 8.20. The van der Waals surface area contributed by atoms with Crippen molar-refractivity contribution in [3.8, 4) is 0 Å². The van der Waals surface area contributed by atoms with Crippen molar-refractivity contribution in [2.45, 2.75) is 31.5 Å². The van der Waals surface area contributed by atoms with Crippen molar-refractivity contribution >= 4 is 20.5 Å². The van der Waals surface area contributed by atoms with Gasteiger partial charge in [0.1, 0.15) is 13.5 Å². The maximum atomic E-state index is 12.9. The zero-order valence-electron chi connectivity index (χ0n) is 5.98. The Morgan fingerprint density at radius 1 is 1.70 bits per heavy atom. The molecule has 0 aromatic heterocycles. The summed E-state index contributed by atoms with van der Waals surface area (Å²) in [6, 6.07) is 0. The SMILES string of the molecule is [B]C(F)C(C)(F)CCCS. The summed E-state index contributed by atoms with van der Waals surface area (Å²) >= 11 is 3.87. The molecule has 0 saturated heterocycles. The Kier molecular flexibility index (Phi) is 4.33. The van der Waals surface area contributed by atoms with Crippen LogP contribution in [0, 0.1) is 0 Å². The largest absolute Gasteiger partial charge is 0.255 e. The van der Waals surface area contributed by atoms with E-state index in [4.69, 9.17) is 7.85 Å². The van der Waals surface area contributed by atoms with Crippen LogP contribution in [0.2, 0.25) is 0 Å². The van der Waals surface area contributed by atoms with Crippen molar-refractivity contribution in [1.82, 2.24) is 0 Å². The predicted octanol–water partition coefficient (Wildman–Crippen LogP) is 1.89. The Balaban J connectivity index is 3.63.